The molecule has 6 rings (SSSR count). The molecule has 0 bridgehead atoms. The van der Waals surface area contributed by atoms with Gasteiger partial charge >= 0.3 is 5.97 Å². The van der Waals surface area contributed by atoms with Crippen molar-refractivity contribution in [3.8, 4) is 11.3 Å². The van der Waals surface area contributed by atoms with E-state index >= 15 is 0 Å². The number of aromatic carboxylic acids is 1. The molecule has 38 heavy (non-hydrogen) atoms. The van der Waals surface area contributed by atoms with Crippen LogP contribution in [-0.4, -0.2) is 34.3 Å². The lowest BCUT2D eigenvalue weighted by Crippen LogP contribution is -2.37. The number of carboxylic acid groups (broad SMARTS) is 1. The number of rotatable bonds is 6. The van der Waals surface area contributed by atoms with Crippen LogP contribution in [0.5, 0.6) is 0 Å². The van der Waals surface area contributed by atoms with Crippen LogP contribution >= 0.6 is 23.2 Å². The monoisotopic (exact) mass is 547 g/mol. The van der Waals surface area contributed by atoms with E-state index in [4.69, 9.17) is 27.7 Å². The predicted octanol–water partition coefficient (Wildman–Crippen LogP) is 8.09. The van der Waals surface area contributed by atoms with Crippen molar-refractivity contribution < 1.29 is 14.4 Å². The van der Waals surface area contributed by atoms with Gasteiger partial charge in [-0.1, -0.05) is 59.6 Å². The topological polar surface area (TPSA) is 79.5 Å². The summed E-state index contributed by atoms with van der Waals surface area (Å²) >= 11 is 13.0. The minimum Gasteiger partial charge on any atom is -0.477 e. The third kappa shape index (κ3) is 4.79. The first kappa shape index (κ1) is 25.0. The number of benzene rings is 2. The molecule has 0 spiro atoms. The molecule has 2 aromatic heterocycles. The lowest BCUT2D eigenvalue weighted by molar-refractivity contribution is 0.0691. The van der Waals surface area contributed by atoms with Gasteiger partial charge in [-0.25, -0.2) is 9.78 Å². The van der Waals surface area contributed by atoms with Crippen LogP contribution in [0.15, 0.2) is 59.1 Å². The van der Waals surface area contributed by atoms with Gasteiger partial charge in [0.15, 0.2) is 0 Å². The molecule has 2 fully saturated rings. The highest BCUT2D eigenvalue weighted by Gasteiger charge is 2.34. The van der Waals surface area contributed by atoms with Crippen LogP contribution in [0.3, 0.4) is 0 Å². The largest absolute Gasteiger partial charge is 0.477 e. The summed E-state index contributed by atoms with van der Waals surface area (Å²) in [5.41, 5.74) is 4.29. The number of aromatic nitrogens is 2. The summed E-state index contributed by atoms with van der Waals surface area (Å²) < 4.78 is 5.82. The zero-order valence-corrected chi connectivity index (χ0v) is 22.5. The van der Waals surface area contributed by atoms with Crippen molar-refractivity contribution in [1.82, 2.24) is 10.1 Å². The van der Waals surface area contributed by atoms with Crippen molar-refractivity contribution in [2.75, 3.05) is 18.0 Å². The smallest absolute Gasteiger partial charge is 0.354 e. The average Bonchev–Trinajstić information content (AvgIpc) is 3.67. The van der Waals surface area contributed by atoms with Crippen molar-refractivity contribution in [3.05, 3.63) is 81.7 Å². The van der Waals surface area contributed by atoms with Gasteiger partial charge < -0.3 is 14.5 Å². The van der Waals surface area contributed by atoms with Crippen molar-refractivity contribution in [2.45, 2.75) is 38.5 Å². The summed E-state index contributed by atoms with van der Waals surface area (Å²) in [5.74, 6) is 0.307. The summed E-state index contributed by atoms with van der Waals surface area (Å²) in [7, 11) is 0. The Morgan fingerprint density at radius 2 is 1.84 bits per heavy atom. The molecule has 2 aliphatic rings. The number of hydrogen-bond donors (Lipinski definition) is 1. The van der Waals surface area contributed by atoms with Gasteiger partial charge in [-0.15, -0.1) is 0 Å². The maximum Gasteiger partial charge on any atom is 0.354 e. The SMILES string of the molecule is CC1(C=Cc2c(-c3c(Cl)cccc3Cl)noc2C2CC2)CCN(c2ccc3nc(C(=O)O)ccc3c2)CC1. The van der Waals surface area contributed by atoms with Crippen LogP contribution in [0.2, 0.25) is 10.0 Å². The number of pyridine rings is 1. The molecule has 0 radical (unpaired) electrons. The highest BCUT2D eigenvalue weighted by atomic mass is 35.5. The third-order valence-electron chi connectivity index (χ3n) is 7.72. The maximum atomic E-state index is 11.2. The quantitative estimate of drug-likeness (QED) is 0.262. The summed E-state index contributed by atoms with van der Waals surface area (Å²) in [6.07, 6.45) is 8.66. The van der Waals surface area contributed by atoms with Gasteiger partial charge in [-0.2, -0.15) is 0 Å². The Balaban J connectivity index is 1.22. The number of anilines is 1. The molecular formula is C30H27Cl2N3O3. The Morgan fingerprint density at radius 3 is 2.53 bits per heavy atom. The first-order chi connectivity index (χ1) is 18.3. The molecule has 0 atom stereocenters. The number of halogens is 2. The second kappa shape index (κ2) is 9.75. The molecule has 194 valence electrons. The number of nitrogens with zero attached hydrogens (tertiary/aromatic N) is 3. The fourth-order valence-corrected chi connectivity index (χ4v) is 5.75. The number of hydrogen-bond acceptors (Lipinski definition) is 5. The number of piperidine rings is 1. The first-order valence-corrected chi connectivity index (χ1v) is 13.6. The molecule has 1 aliphatic carbocycles. The van der Waals surface area contributed by atoms with Crippen molar-refractivity contribution >= 4 is 51.8 Å². The number of allylic oxidation sites excluding steroid dienone is 1. The standard InChI is InChI=1S/C30H27Cl2N3O3/c1-30(12-11-21-27(34-38-28(21)18-5-6-18)26-22(31)3-2-4-23(26)32)13-15-35(16-14-30)20-8-10-24-19(17-20)7-9-25(33-24)29(36)37/h2-4,7-12,17-18H,5-6,13-16H2,1H3,(H,36,37). The Morgan fingerprint density at radius 1 is 1.11 bits per heavy atom. The Labute approximate surface area is 230 Å². The second-order valence-corrected chi connectivity index (χ2v) is 11.3. The van der Waals surface area contributed by atoms with Gasteiger partial charge in [-0.3, -0.25) is 0 Å². The van der Waals surface area contributed by atoms with E-state index < -0.39 is 5.97 Å². The molecule has 8 heteroatoms. The first-order valence-electron chi connectivity index (χ1n) is 12.8. The van der Waals surface area contributed by atoms with Gasteiger partial charge in [0.2, 0.25) is 0 Å². The molecule has 4 aromatic rings. The fraction of sp³-hybridized carbons (Fsp3) is 0.300. The van der Waals surface area contributed by atoms with E-state index in [-0.39, 0.29) is 11.1 Å². The van der Waals surface area contributed by atoms with E-state index in [0.29, 0.717) is 32.7 Å². The predicted molar refractivity (Wildman–Crippen MR) is 151 cm³/mol. The van der Waals surface area contributed by atoms with Crippen molar-refractivity contribution in [3.63, 3.8) is 0 Å². The minimum atomic E-state index is -1.02. The second-order valence-electron chi connectivity index (χ2n) is 10.5. The summed E-state index contributed by atoms with van der Waals surface area (Å²) in [6, 6.07) is 14.9. The Kier molecular flexibility index (Phi) is 6.40. The van der Waals surface area contributed by atoms with Crippen molar-refractivity contribution in [1.29, 1.82) is 0 Å². The summed E-state index contributed by atoms with van der Waals surface area (Å²) in [6.45, 7) is 4.12. The van der Waals surface area contributed by atoms with Crippen molar-refractivity contribution in [2.24, 2.45) is 5.41 Å². The molecule has 1 saturated carbocycles. The number of carboxylic acids is 1. The van der Waals surface area contributed by atoms with Crippen LogP contribution < -0.4 is 4.90 Å². The van der Waals surface area contributed by atoms with E-state index in [0.717, 1.165) is 61.2 Å². The Bertz CT molecular complexity index is 1550. The number of carbonyl (C=O) groups is 1. The lowest BCUT2D eigenvalue weighted by Gasteiger charge is -2.39. The van der Waals surface area contributed by atoms with E-state index in [9.17, 15) is 9.90 Å². The summed E-state index contributed by atoms with van der Waals surface area (Å²) in [4.78, 5) is 17.8. The van der Waals surface area contributed by atoms with Crippen LogP contribution in [0.25, 0.3) is 28.2 Å². The molecule has 0 amide bonds. The Hall–Kier alpha value is -3.35. The average molecular weight is 548 g/mol. The van der Waals surface area contributed by atoms with Gasteiger partial charge in [0.05, 0.1) is 15.6 Å². The van der Waals surface area contributed by atoms with Gasteiger partial charge in [0.1, 0.15) is 17.1 Å². The normalized spacial score (nSPS) is 17.4. The van der Waals surface area contributed by atoms with E-state index in [1.54, 1.807) is 6.07 Å². The van der Waals surface area contributed by atoms with Gasteiger partial charge in [0, 0.05) is 41.2 Å². The van der Waals surface area contributed by atoms with E-state index in [2.05, 4.69) is 40.2 Å². The van der Waals surface area contributed by atoms with Crippen LogP contribution in [0.1, 0.15) is 60.3 Å². The highest BCUT2D eigenvalue weighted by molar-refractivity contribution is 6.39. The molecule has 3 heterocycles. The molecule has 2 aromatic carbocycles. The maximum absolute atomic E-state index is 11.2. The van der Waals surface area contributed by atoms with Crippen LogP contribution in [0, 0.1) is 5.41 Å². The zero-order valence-electron chi connectivity index (χ0n) is 21.0. The minimum absolute atomic E-state index is 0.0188. The molecule has 1 saturated heterocycles. The summed E-state index contributed by atoms with van der Waals surface area (Å²) in [5, 5.41) is 15.7. The van der Waals surface area contributed by atoms with Gasteiger partial charge in [0.25, 0.3) is 0 Å². The van der Waals surface area contributed by atoms with Crippen LogP contribution in [-0.2, 0) is 0 Å². The fourth-order valence-electron chi connectivity index (χ4n) is 5.17. The van der Waals surface area contributed by atoms with E-state index in [1.165, 1.54) is 0 Å². The number of fused-ring (bicyclic) bond motifs is 1. The van der Waals surface area contributed by atoms with Gasteiger partial charge in [-0.05, 0) is 67.5 Å². The van der Waals surface area contributed by atoms with Crippen LogP contribution in [0.4, 0.5) is 5.69 Å². The molecular weight excluding hydrogens is 521 g/mol. The van der Waals surface area contributed by atoms with E-state index in [1.807, 2.05) is 36.4 Å². The third-order valence-corrected chi connectivity index (χ3v) is 8.35. The lowest BCUT2D eigenvalue weighted by atomic mass is 9.79. The molecule has 0 unspecified atom stereocenters. The molecule has 1 aliphatic heterocycles. The molecule has 1 N–H and O–H groups in total. The zero-order chi connectivity index (χ0) is 26.4. The highest BCUT2D eigenvalue weighted by Crippen LogP contribution is 2.47. The molecule has 6 nitrogen and oxygen atoms in total.